The molecule has 0 saturated heterocycles. The maximum atomic E-state index is 9.48. The average Bonchev–Trinajstić information content (AvgIpc) is 3.10. The van der Waals surface area contributed by atoms with E-state index in [0.29, 0.717) is 5.69 Å². The summed E-state index contributed by atoms with van der Waals surface area (Å²) in [6.07, 6.45) is 4.22. The van der Waals surface area contributed by atoms with Gasteiger partial charge in [-0.05, 0) is 36.6 Å². The monoisotopic (exact) mass is 265 g/mol. The van der Waals surface area contributed by atoms with E-state index < -0.39 is 0 Å². The van der Waals surface area contributed by atoms with Crippen LogP contribution in [0.2, 0.25) is 0 Å². The largest absolute Gasteiger partial charge is 0.493 e. The summed E-state index contributed by atoms with van der Waals surface area (Å²) in [6, 6.07) is 8.47. The number of nitriles is 1. The molecule has 1 aromatic heterocycles. The summed E-state index contributed by atoms with van der Waals surface area (Å²) in [5.41, 5.74) is 3.79. The summed E-state index contributed by atoms with van der Waals surface area (Å²) in [6.45, 7) is 1.67. The van der Waals surface area contributed by atoms with Crippen LogP contribution in [0.5, 0.6) is 5.75 Å². The fourth-order valence-corrected chi connectivity index (χ4v) is 3.13. The molecule has 0 fully saturated rings. The summed E-state index contributed by atoms with van der Waals surface area (Å²) in [4.78, 5) is 4.72. The van der Waals surface area contributed by atoms with Gasteiger partial charge in [0.2, 0.25) is 0 Å². The molecule has 100 valence electrons. The first-order valence-corrected chi connectivity index (χ1v) is 7.12. The summed E-state index contributed by atoms with van der Waals surface area (Å²) >= 11 is 0. The Morgan fingerprint density at radius 2 is 2.20 bits per heavy atom. The second-order valence-electron chi connectivity index (χ2n) is 5.37. The predicted octanol–water partition coefficient (Wildman–Crippen LogP) is 2.69. The maximum absolute atomic E-state index is 9.48. The fourth-order valence-electron chi connectivity index (χ4n) is 3.13. The summed E-state index contributed by atoms with van der Waals surface area (Å²) in [5, 5.41) is 9.48. The third-order valence-corrected chi connectivity index (χ3v) is 4.15. The molecule has 1 aromatic carbocycles. The van der Waals surface area contributed by atoms with Gasteiger partial charge < -0.3 is 9.30 Å². The third kappa shape index (κ3) is 1.63. The van der Waals surface area contributed by atoms with E-state index in [2.05, 4.69) is 16.7 Å². The lowest BCUT2D eigenvalue weighted by Gasteiger charge is -2.13. The van der Waals surface area contributed by atoms with Crippen molar-refractivity contribution in [2.45, 2.75) is 32.2 Å². The summed E-state index contributed by atoms with van der Waals surface area (Å²) in [5.74, 6) is 2.02. The van der Waals surface area contributed by atoms with Crippen molar-refractivity contribution in [2.24, 2.45) is 0 Å². The fraction of sp³-hybridized carbons (Fsp3) is 0.375. The molecular weight excluding hydrogens is 250 g/mol. The molecule has 0 bridgehead atoms. The van der Waals surface area contributed by atoms with Crippen LogP contribution >= 0.6 is 0 Å². The molecule has 2 aliphatic heterocycles. The number of imidazole rings is 1. The minimum atomic E-state index is 0.707. The number of benzene rings is 1. The second-order valence-corrected chi connectivity index (χ2v) is 5.37. The number of nitrogens with zero attached hydrogens (tertiary/aromatic N) is 3. The van der Waals surface area contributed by atoms with Crippen molar-refractivity contribution in [3.63, 3.8) is 0 Å². The standard InChI is InChI=1S/C16H15N3O/c17-10-13-16(18-15-3-1-2-7-19(13)15)12-4-5-14-11(9-12)6-8-20-14/h4-5,9H,1-3,6-8H2. The first-order valence-electron chi connectivity index (χ1n) is 7.12. The van der Waals surface area contributed by atoms with Crippen LogP contribution in [-0.2, 0) is 19.4 Å². The Bertz CT molecular complexity index is 724. The third-order valence-electron chi connectivity index (χ3n) is 4.15. The van der Waals surface area contributed by atoms with Crippen LogP contribution in [0.1, 0.15) is 29.9 Å². The van der Waals surface area contributed by atoms with E-state index in [1.807, 2.05) is 12.1 Å². The number of ether oxygens (including phenoxy) is 1. The van der Waals surface area contributed by atoms with Gasteiger partial charge in [0, 0.05) is 24.9 Å². The molecule has 0 radical (unpaired) electrons. The van der Waals surface area contributed by atoms with Gasteiger partial charge in [-0.15, -0.1) is 0 Å². The number of aromatic nitrogens is 2. The van der Waals surface area contributed by atoms with Crippen molar-refractivity contribution in [2.75, 3.05) is 6.61 Å². The Morgan fingerprint density at radius 3 is 3.10 bits per heavy atom. The van der Waals surface area contributed by atoms with E-state index >= 15 is 0 Å². The molecule has 20 heavy (non-hydrogen) atoms. The van der Waals surface area contributed by atoms with Crippen LogP contribution in [0, 0.1) is 11.3 Å². The summed E-state index contributed by atoms with van der Waals surface area (Å²) < 4.78 is 7.62. The van der Waals surface area contributed by atoms with E-state index in [-0.39, 0.29) is 0 Å². The molecule has 2 aliphatic rings. The minimum Gasteiger partial charge on any atom is -0.493 e. The van der Waals surface area contributed by atoms with Crippen molar-refractivity contribution < 1.29 is 4.74 Å². The van der Waals surface area contributed by atoms with Gasteiger partial charge in [-0.2, -0.15) is 5.26 Å². The lowest BCUT2D eigenvalue weighted by atomic mass is 10.1. The lowest BCUT2D eigenvalue weighted by molar-refractivity contribution is 0.357. The Hall–Kier alpha value is -2.28. The Balaban J connectivity index is 1.86. The predicted molar refractivity (Wildman–Crippen MR) is 74.5 cm³/mol. The number of rotatable bonds is 1. The zero-order valence-corrected chi connectivity index (χ0v) is 11.2. The Morgan fingerprint density at radius 1 is 1.25 bits per heavy atom. The highest BCUT2D eigenvalue weighted by atomic mass is 16.5. The van der Waals surface area contributed by atoms with E-state index in [1.165, 1.54) is 12.0 Å². The summed E-state index contributed by atoms with van der Waals surface area (Å²) in [7, 11) is 0. The molecule has 4 rings (SSSR count). The van der Waals surface area contributed by atoms with Crippen LogP contribution in [0.3, 0.4) is 0 Å². The molecule has 3 heterocycles. The van der Waals surface area contributed by atoms with E-state index in [9.17, 15) is 5.26 Å². The average molecular weight is 265 g/mol. The van der Waals surface area contributed by atoms with Gasteiger partial charge in [0.25, 0.3) is 0 Å². The van der Waals surface area contributed by atoms with Gasteiger partial charge in [-0.1, -0.05) is 0 Å². The molecule has 0 saturated carbocycles. The van der Waals surface area contributed by atoms with Crippen molar-refractivity contribution in [1.29, 1.82) is 5.26 Å². The highest BCUT2D eigenvalue weighted by Gasteiger charge is 2.22. The van der Waals surface area contributed by atoms with Crippen molar-refractivity contribution in [3.05, 3.63) is 35.3 Å². The van der Waals surface area contributed by atoms with Crippen molar-refractivity contribution in [3.8, 4) is 23.1 Å². The highest BCUT2D eigenvalue weighted by Crippen LogP contribution is 2.32. The van der Waals surface area contributed by atoms with Crippen LogP contribution in [0.25, 0.3) is 11.3 Å². The smallest absolute Gasteiger partial charge is 0.148 e. The van der Waals surface area contributed by atoms with Gasteiger partial charge in [-0.3, -0.25) is 0 Å². The SMILES string of the molecule is N#Cc1c(-c2ccc3c(c2)CCO3)nc2n1CCCC2. The van der Waals surface area contributed by atoms with Gasteiger partial charge in [0.1, 0.15) is 29.0 Å². The molecule has 4 heteroatoms. The Kier molecular flexibility index (Phi) is 2.53. The van der Waals surface area contributed by atoms with Gasteiger partial charge in [0.15, 0.2) is 0 Å². The van der Waals surface area contributed by atoms with Crippen LogP contribution in [-0.4, -0.2) is 16.2 Å². The molecule has 0 atom stereocenters. The topological polar surface area (TPSA) is 50.8 Å². The molecule has 0 amide bonds. The van der Waals surface area contributed by atoms with Gasteiger partial charge in [-0.25, -0.2) is 4.98 Å². The molecular formula is C16H15N3O. The number of hydrogen-bond acceptors (Lipinski definition) is 3. The second kappa shape index (κ2) is 4.38. The molecule has 4 nitrogen and oxygen atoms in total. The van der Waals surface area contributed by atoms with E-state index in [0.717, 1.165) is 55.2 Å². The van der Waals surface area contributed by atoms with E-state index in [1.54, 1.807) is 0 Å². The van der Waals surface area contributed by atoms with Crippen molar-refractivity contribution in [1.82, 2.24) is 9.55 Å². The van der Waals surface area contributed by atoms with Crippen molar-refractivity contribution >= 4 is 0 Å². The Labute approximate surface area is 117 Å². The number of aryl methyl sites for hydroxylation is 1. The molecule has 0 N–H and O–H groups in total. The molecule has 0 unspecified atom stereocenters. The zero-order valence-electron chi connectivity index (χ0n) is 11.2. The highest BCUT2D eigenvalue weighted by molar-refractivity contribution is 5.68. The van der Waals surface area contributed by atoms with Gasteiger partial charge >= 0.3 is 0 Å². The minimum absolute atomic E-state index is 0.707. The quantitative estimate of drug-likeness (QED) is 0.796. The van der Waals surface area contributed by atoms with Crippen LogP contribution in [0.4, 0.5) is 0 Å². The lowest BCUT2D eigenvalue weighted by Crippen LogP contribution is -2.11. The van der Waals surface area contributed by atoms with Crippen LogP contribution in [0.15, 0.2) is 18.2 Å². The molecule has 2 aromatic rings. The van der Waals surface area contributed by atoms with Crippen LogP contribution < -0.4 is 4.74 Å². The van der Waals surface area contributed by atoms with Gasteiger partial charge in [0.05, 0.1) is 6.61 Å². The number of hydrogen-bond donors (Lipinski definition) is 0. The molecule has 0 aliphatic carbocycles. The van der Waals surface area contributed by atoms with E-state index in [4.69, 9.17) is 9.72 Å². The normalized spacial score (nSPS) is 16.1. The maximum Gasteiger partial charge on any atom is 0.148 e. The zero-order chi connectivity index (χ0) is 13.5. The first kappa shape index (κ1) is 11.5. The number of fused-ring (bicyclic) bond motifs is 2. The first-order chi connectivity index (χ1) is 9.86. The molecule has 0 spiro atoms.